The van der Waals surface area contributed by atoms with Crippen molar-refractivity contribution in [3.8, 4) is 0 Å². The Morgan fingerprint density at radius 1 is 1.26 bits per heavy atom. The zero-order valence-electron chi connectivity index (χ0n) is 17.3. The first-order chi connectivity index (χ1) is 14.9. The molecule has 1 aromatic carbocycles. The second kappa shape index (κ2) is 8.60. The number of aromatic nitrogens is 3. The number of para-hydroxylation sites is 1. The van der Waals surface area contributed by atoms with E-state index in [1.807, 2.05) is 18.2 Å². The van der Waals surface area contributed by atoms with Gasteiger partial charge in [0.1, 0.15) is 5.58 Å². The number of nitrogens with zero attached hydrogens (tertiary/aromatic N) is 5. The molecule has 11 heteroatoms. The molecule has 2 amide bonds. The summed E-state index contributed by atoms with van der Waals surface area (Å²) in [5, 5.41) is 8.58. The van der Waals surface area contributed by atoms with Crippen molar-refractivity contribution < 1.29 is 23.0 Å². The molecule has 164 valence electrons. The monoisotopic (exact) mass is 445 g/mol. The van der Waals surface area contributed by atoms with Crippen LogP contribution in [-0.4, -0.2) is 67.6 Å². The molecule has 31 heavy (non-hydrogen) atoms. The van der Waals surface area contributed by atoms with Crippen molar-refractivity contribution in [2.45, 2.75) is 13.0 Å². The van der Waals surface area contributed by atoms with Crippen LogP contribution < -0.4 is 0 Å². The first-order valence-corrected chi connectivity index (χ1v) is 11.7. The van der Waals surface area contributed by atoms with E-state index in [1.54, 1.807) is 25.1 Å². The molecule has 1 aliphatic heterocycles. The third kappa shape index (κ3) is 4.37. The molecule has 0 radical (unpaired) electrons. The summed E-state index contributed by atoms with van der Waals surface area (Å²) in [6, 6.07) is 7.41. The number of fused-ring (bicyclic) bond motifs is 1. The van der Waals surface area contributed by atoms with Crippen LogP contribution in [0.5, 0.6) is 0 Å². The van der Waals surface area contributed by atoms with Gasteiger partial charge in [-0.25, -0.2) is 4.21 Å². The van der Waals surface area contributed by atoms with Crippen LogP contribution in [0, 0.1) is 0 Å². The van der Waals surface area contributed by atoms with Crippen LogP contribution in [0.4, 0.5) is 0 Å². The molecule has 10 nitrogen and oxygen atoms in total. The van der Waals surface area contributed by atoms with E-state index < -0.39 is 15.6 Å². The number of furan rings is 1. The molecule has 1 aliphatic rings. The van der Waals surface area contributed by atoms with Gasteiger partial charge >= 0.3 is 5.91 Å². The van der Waals surface area contributed by atoms with E-state index in [4.69, 9.17) is 9.15 Å². The molecule has 0 bridgehead atoms. The molecule has 0 N–H and O–H groups in total. The smallest absolute Gasteiger partial charge is 0.307 e. The maximum Gasteiger partial charge on any atom is 0.307 e. The molecular weight excluding hydrogens is 422 g/mol. The molecule has 1 atom stereocenters. The highest BCUT2D eigenvalue weighted by atomic mass is 32.2. The fraction of sp³-hybridized carbons (Fsp3) is 0.400. The average molecular weight is 446 g/mol. The number of carbonyl (C=O) groups excluding carboxylic acids is 2. The third-order valence-electron chi connectivity index (χ3n) is 5.11. The summed E-state index contributed by atoms with van der Waals surface area (Å²) in [7, 11) is 0.338. The molecule has 1 fully saturated rings. The molecule has 0 saturated carbocycles. The van der Waals surface area contributed by atoms with Gasteiger partial charge in [0.15, 0.2) is 11.5 Å². The van der Waals surface area contributed by atoms with Crippen LogP contribution in [0.25, 0.3) is 11.0 Å². The Morgan fingerprint density at radius 3 is 2.81 bits per heavy atom. The highest BCUT2D eigenvalue weighted by Gasteiger charge is 2.28. The molecule has 2 aromatic heterocycles. The topological polar surface area (TPSA) is 120 Å². The fourth-order valence-corrected chi connectivity index (χ4v) is 5.45. The predicted molar refractivity (Wildman–Crippen MR) is 113 cm³/mol. The number of rotatable bonds is 4. The van der Waals surface area contributed by atoms with Crippen molar-refractivity contribution in [3.63, 3.8) is 0 Å². The highest BCUT2D eigenvalue weighted by molar-refractivity contribution is 7.93. The maximum atomic E-state index is 13.2. The van der Waals surface area contributed by atoms with Crippen molar-refractivity contribution in [1.82, 2.24) is 19.9 Å². The first kappa shape index (κ1) is 21.2. The summed E-state index contributed by atoms with van der Waals surface area (Å²) in [6.07, 6.45) is 1.75. The van der Waals surface area contributed by atoms with E-state index in [9.17, 15) is 13.8 Å². The lowest BCUT2D eigenvalue weighted by Gasteiger charge is -2.19. The van der Waals surface area contributed by atoms with E-state index in [2.05, 4.69) is 14.6 Å². The van der Waals surface area contributed by atoms with Crippen molar-refractivity contribution in [1.29, 1.82) is 0 Å². The van der Waals surface area contributed by atoms with Crippen LogP contribution >= 0.6 is 0 Å². The van der Waals surface area contributed by atoms with Gasteiger partial charge < -0.3 is 14.1 Å². The fourth-order valence-electron chi connectivity index (χ4n) is 3.59. The van der Waals surface area contributed by atoms with Gasteiger partial charge in [-0.05, 0) is 12.5 Å². The lowest BCUT2D eigenvalue weighted by Crippen LogP contribution is -2.34. The molecule has 1 saturated heterocycles. The summed E-state index contributed by atoms with van der Waals surface area (Å²) < 4.78 is 28.3. The van der Waals surface area contributed by atoms with E-state index in [1.165, 1.54) is 11.0 Å². The maximum absolute atomic E-state index is 13.2. The summed E-state index contributed by atoms with van der Waals surface area (Å²) in [5.41, 5.74) is 1.35. The van der Waals surface area contributed by atoms with Crippen LogP contribution in [-0.2, 0) is 28.1 Å². The molecule has 3 aromatic rings. The first-order valence-electron chi connectivity index (χ1n) is 9.82. The second-order valence-electron chi connectivity index (χ2n) is 7.28. The standard InChI is InChI=1S/C20H23N5O5S/c1-24-21-12-16(22-24)19(26)23-31(28)10-5-8-25(9-11-31)20(27)18-15(13-29-2)14-6-3-4-7-17(14)30-18/h3-4,6-7,12H,5,8-11,13H2,1-2H3. The minimum absolute atomic E-state index is 0.0499. The summed E-state index contributed by atoms with van der Waals surface area (Å²) >= 11 is 0. The molecule has 1 unspecified atom stereocenters. The second-order valence-corrected chi connectivity index (χ2v) is 9.83. The Labute approximate surface area is 179 Å². The van der Waals surface area contributed by atoms with Gasteiger partial charge in [0.05, 0.1) is 22.5 Å². The van der Waals surface area contributed by atoms with E-state index in [-0.39, 0.29) is 42.0 Å². The number of hydrogen-bond donors (Lipinski definition) is 0. The number of hydrogen-bond acceptors (Lipinski definition) is 7. The molecule has 0 spiro atoms. The minimum atomic E-state index is -2.81. The third-order valence-corrected chi connectivity index (χ3v) is 7.35. The van der Waals surface area contributed by atoms with Crippen LogP contribution in [0.2, 0.25) is 0 Å². The van der Waals surface area contributed by atoms with Gasteiger partial charge in [-0.1, -0.05) is 18.2 Å². The van der Waals surface area contributed by atoms with Crippen molar-refractivity contribution in [3.05, 3.63) is 47.5 Å². The average Bonchev–Trinajstić information content (AvgIpc) is 3.29. The SMILES string of the molecule is COCc1c(C(=O)N2CCCS(=O)(=NC(=O)c3cnn(C)n3)CC2)oc2ccccc12. The lowest BCUT2D eigenvalue weighted by molar-refractivity contribution is 0.0732. The largest absolute Gasteiger partial charge is 0.451 e. The summed E-state index contributed by atoms with van der Waals surface area (Å²) in [6.45, 7) is 0.844. The van der Waals surface area contributed by atoms with Crippen molar-refractivity contribution in [2.75, 3.05) is 31.7 Å². The number of ether oxygens (including phenoxy) is 1. The van der Waals surface area contributed by atoms with Crippen molar-refractivity contribution >= 4 is 32.5 Å². The van der Waals surface area contributed by atoms with Crippen LogP contribution in [0.3, 0.4) is 0 Å². The predicted octanol–water partition coefficient (Wildman–Crippen LogP) is 1.86. The number of benzene rings is 1. The van der Waals surface area contributed by atoms with Gasteiger partial charge in [0.2, 0.25) is 0 Å². The molecule has 3 heterocycles. The van der Waals surface area contributed by atoms with Gasteiger partial charge in [0.25, 0.3) is 5.91 Å². The summed E-state index contributed by atoms with van der Waals surface area (Å²) in [5.74, 6) is -0.382. The highest BCUT2D eigenvalue weighted by Crippen LogP contribution is 2.28. The Bertz CT molecular complexity index is 1250. The van der Waals surface area contributed by atoms with Crippen molar-refractivity contribution in [2.24, 2.45) is 11.4 Å². The van der Waals surface area contributed by atoms with E-state index in [0.29, 0.717) is 24.1 Å². The number of amides is 2. The van der Waals surface area contributed by atoms with E-state index in [0.717, 1.165) is 5.39 Å². The zero-order valence-corrected chi connectivity index (χ0v) is 18.1. The van der Waals surface area contributed by atoms with Gasteiger partial charge in [-0.15, -0.1) is 5.10 Å². The number of methoxy groups -OCH3 is 1. The molecule has 4 rings (SSSR count). The Balaban J connectivity index is 1.56. The lowest BCUT2D eigenvalue weighted by atomic mass is 10.1. The number of carbonyl (C=O) groups is 2. The van der Waals surface area contributed by atoms with Gasteiger partial charge in [-0.3, -0.25) is 9.59 Å². The molecular formula is C20H23N5O5S. The zero-order chi connectivity index (χ0) is 22.0. The molecule has 0 aliphatic carbocycles. The quantitative estimate of drug-likeness (QED) is 0.601. The normalized spacial score (nSPS) is 19.4. The van der Waals surface area contributed by atoms with Gasteiger partial charge in [0, 0.05) is 49.7 Å². The Hall–Kier alpha value is -3.05. The van der Waals surface area contributed by atoms with Crippen LogP contribution in [0.15, 0.2) is 39.2 Å². The Kier molecular flexibility index (Phi) is 5.88. The van der Waals surface area contributed by atoms with Crippen LogP contribution in [0.1, 0.15) is 33.0 Å². The van der Waals surface area contributed by atoms with E-state index >= 15 is 0 Å². The Morgan fingerprint density at radius 2 is 2.06 bits per heavy atom. The number of aryl methyl sites for hydroxylation is 1. The minimum Gasteiger partial charge on any atom is -0.451 e. The summed E-state index contributed by atoms with van der Waals surface area (Å²) in [4.78, 5) is 28.4. The van der Waals surface area contributed by atoms with Gasteiger partial charge in [-0.2, -0.15) is 14.3 Å².